The van der Waals surface area contributed by atoms with Crippen LogP contribution in [0.5, 0.6) is 5.75 Å². The minimum absolute atomic E-state index is 0.264. The van der Waals surface area contributed by atoms with Gasteiger partial charge in [0.05, 0.1) is 17.4 Å². The van der Waals surface area contributed by atoms with E-state index in [1.807, 2.05) is 54.9 Å². The highest BCUT2D eigenvalue weighted by molar-refractivity contribution is 5.84. The number of aliphatic hydroxyl groups excluding tert-OH is 1. The zero-order valence-electron chi connectivity index (χ0n) is 19.2. The summed E-state index contributed by atoms with van der Waals surface area (Å²) in [5, 5.41) is 11.6. The average molecular weight is 455 g/mol. The predicted octanol–water partition coefficient (Wildman–Crippen LogP) is 4.67. The molecule has 1 unspecified atom stereocenters. The molecule has 0 spiro atoms. The van der Waals surface area contributed by atoms with Crippen LogP contribution in [-0.2, 0) is 0 Å². The lowest BCUT2D eigenvalue weighted by Gasteiger charge is -2.40. The van der Waals surface area contributed by atoms with E-state index in [1.54, 1.807) is 6.20 Å². The van der Waals surface area contributed by atoms with E-state index in [4.69, 9.17) is 4.74 Å². The van der Waals surface area contributed by atoms with E-state index in [1.165, 1.54) is 5.69 Å². The summed E-state index contributed by atoms with van der Waals surface area (Å²) < 4.78 is 5.97. The van der Waals surface area contributed by atoms with Crippen molar-refractivity contribution in [3.8, 4) is 5.75 Å². The number of likely N-dealkylation sites (tertiary alicyclic amines) is 1. The maximum atomic E-state index is 10.7. The molecule has 6 heteroatoms. The largest absolute Gasteiger partial charge is 0.490 e. The van der Waals surface area contributed by atoms with Crippen LogP contribution < -0.4 is 9.64 Å². The number of aliphatic hydroxyl groups is 1. The maximum Gasteiger partial charge on any atom is 0.128 e. The molecule has 0 bridgehead atoms. The van der Waals surface area contributed by atoms with Crippen molar-refractivity contribution >= 4 is 22.3 Å². The molecule has 1 atom stereocenters. The lowest BCUT2D eigenvalue weighted by atomic mass is 10.0. The molecule has 1 aliphatic rings. The second-order valence-corrected chi connectivity index (χ2v) is 8.74. The van der Waals surface area contributed by atoms with Gasteiger partial charge in [-0.05, 0) is 61.4 Å². The molecule has 5 rings (SSSR count). The van der Waals surface area contributed by atoms with Crippen LogP contribution in [0.4, 0.5) is 11.4 Å². The summed E-state index contributed by atoms with van der Waals surface area (Å²) in [5.41, 5.74) is 3.20. The number of benzene rings is 2. The van der Waals surface area contributed by atoms with Gasteiger partial charge in [0.2, 0.25) is 0 Å². The number of ether oxygens (including phenoxy) is 1. The number of nitrogens with zero attached hydrogens (tertiary/aromatic N) is 4. The highest BCUT2D eigenvalue weighted by Crippen LogP contribution is 2.31. The first-order chi connectivity index (χ1) is 16.8. The zero-order chi connectivity index (χ0) is 23.2. The van der Waals surface area contributed by atoms with Gasteiger partial charge in [-0.1, -0.05) is 24.3 Å². The summed E-state index contributed by atoms with van der Waals surface area (Å²) in [5.74, 6) is 0.762. The van der Waals surface area contributed by atoms with Gasteiger partial charge in [0.25, 0.3) is 0 Å². The first-order valence-electron chi connectivity index (χ1n) is 11.9. The topological polar surface area (TPSA) is 61.7 Å². The van der Waals surface area contributed by atoms with Crippen molar-refractivity contribution in [2.24, 2.45) is 0 Å². The number of para-hydroxylation sites is 1. The molecule has 0 aliphatic carbocycles. The molecule has 174 valence electrons. The van der Waals surface area contributed by atoms with Gasteiger partial charge >= 0.3 is 0 Å². The highest BCUT2D eigenvalue weighted by atomic mass is 16.5. The van der Waals surface area contributed by atoms with E-state index < -0.39 is 6.10 Å². The van der Waals surface area contributed by atoms with E-state index in [0.717, 1.165) is 48.3 Å². The van der Waals surface area contributed by atoms with Gasteiger partial charge in [-0.2, -0.15) is 0 Å². The Morgan fingerprint density at radius 1 is 0.912 bits per heavy atom. The van der Waals surface area contributed by atoms with Gasteiger partial charge in [0, 0.05) is 49.1 Å². The lowest BCUT2D eigenvalue weighted by Crippen LogP contribution is -2.46. The molecule has 0 amide bonds. The number of aromatic nitrogens is 2. The summed E-state index contributed by atoms with van der Waals surface area (Å²) in [7, 11) is 0. The molecule has 6 nitrogen and oxygen atoms in total. The third kappa shape index (κ3) is 5.19. The molecule has 4 aromatic rings. The van der Waals surface area contributed by atoms with Crippen LogP contribution in [0.2, 0.25) is 0 Å². The second-order valence-electron chi connectivity index (χ2n) is 8.74. The monoisotopic (exact) mass is 454 g/mol. The minimum atomic E-state index is -0.549. The van der Waals surface area contributed by atoms with Gasteiger partial charge in [0.15, 0.2) is 0 Å². The first kappa shape index (κ1) is 22.3. The molecule has 1 N–H and O–H groups in total. The van der Waals surface area contributed by atoms with Crippen molar-refractivity contribution < 1.29 is 9.84 Å². The van der Waals surface area contributed by atoms with E-state index in [9.17, 15) is 5.11 Å². The van der Waals surface area contributed by atoms with E-state index in [-0.39, 0.29) is 6.61 Å². The Bertz CT molecular complexity index is 1140. The van der Waals surface area contributed by atoms with Gasteiger partial charge in [-0.3, -0.25) is 9.97 Å². The molecule has 3 heterocycles. The molecule has 1 saturated heterocycles. The van der Waals surface area contributed by atoms with Gasteiger partial charge in [-0.15, -0.1) is 0 Å². The Hall–Kier alpha value is -3.48. The fourth-order valence-electron chi connectivity index (χ4n) is 4.75. The Morgan fingerprint density at radius 2 is 1.71 bits per heavy atom. The number of fused-ring (bicyclic) bond motifs is 1. The van der Waals surface area contributed by atoms with Crippen LogP contribution in [0.3, 0.4) is 0 Å². The number of pyridine rings is 2. The van der Waals surface area contributed by atoms with Crippen LogP contribution in [-0.4, -0.2) is 58.4 Å². The van der Waals surface area contributed by atoms with Crippen LogP contribution in [0.1, 0.15) is 12.8 Å². The summed E-state index contributed by atoms with van der Waals surface area (Å²) in [6, 6.07) is 24.7. The van der Waals surface area contributed by atoms with E-state index in [2.05, 4.69) is 50.1 Å². The van der Waals surface area contributed by atoms with E-state index >= 15 is 0 Å². The molecule has 2 aromatic carbocycles. The number of β-amino-alcohol motifs (C(OH)–C–C–N with tert-alkyl or cyclic N) is 1. The smallest absolute Gasteiger partial charge is 0.128 e. The summed E-state index contributed by atoms with van der Waals surface area (Å²) >= 11 is 0. The molecular formula is C28H30N4O2. The van der Waals surface area contributed by atoms with Crippen molar-refractivity contribution in [2.45, 2.75) is 25.0 Å². The average Bonchev–Trinajstić information content (AvgIpc) is 2.90. The summed E-state index contributed by atoms with van der Waals surface area (Å²) in [6.45, 7) is 2.74. The Kier molecular flexibility index (Phi) is 6.98. The van der Waals surface area contributed by atoms with Crippen molar-refractivity contribution in [3.05, 3.63) is 91.4 Å². The molecule has 0 radical (unpaired) electrons. The number of anilines is 2. The fraction of sp³-hybridized carbons (Fsp3) is 0.286. The van der Waals surface area contributed by atoms with Crippen molar-refractivity contribution in [3.63, 3.8) is 0 Å². The van der Waals surface area contributed by atoms with Gasteiger partial charge in [-0.25, -0.2) is 0 Å². The fourth-order valence-corrected chi connectivity index (χ4v) is 4.75. The molecular weight excluding hydrogens is 424 g/mol. The standard InChI is InChI=1S/C28H30N4O2/c33-25(21-34-28-12-4-11-27-26(28)10-6-16-30-27)20-31-17-13-23(14-18-31)32(22-7-2-1-3-8-22)24-9-5-15-29-19-24/h1-12,15-16,19,23,25,33H,13-14,17-18,20-21H2. The second kappa shape index (κ2) is 10.6. The van der Waals surface area contributed by atoms with Crippen molar-refractivity contribution in [2.75, 3.05) is 31.1 Å². The van der Waals surface area contributed by atoms with Crippen LogP contribution in [0, 0.1) is 0 Å². The molecule has 34 heavy (non-hydrogen) atoms. The minimum Gasteiger partial charge on any atom is -0.490 e. The molecule has 0 saturated carbocycles. The SMILES string of the molecule is OC(COc1cccc2ncccc12)CN1CCC(N(c2ccccc2)c2cccnc2)CC1. The quantitative estimate of drug-likeness (QED) is 0.417. The first-order valence-corrected chi connectivity index (χ1v) is 11.9. The Morgan fingerprint density at radius 3 is 2.50 bits per heavy atom. The molecule has 2 aromatic heterocycles. The maximum absolute atomic E-state index is 10.7. The summed E-state index contributed by atoms with van der Waals surface area (Å²) in [4.78, 5) is 13.4. The summed E-state index contributed by atoms with van der Waals surface area (Å²) in [6.07, 6.45) is 7.01. The Labute approximate surface area is 200 Å². The van der Waals surface area contributed by atoms with Crippen LogP contribution >= 0.6 is 0 Å². The van der Waals surface area contributed by atoms with Crippen molar-refractivity contribution in [1.29, 1.82) is 0 Å². The third-order valence-corrected chi connectivity index (χ3v) is 6.39. The zero-order valence-corrected chi connectivity index (χ0v) is 19.2. The predicted molar refractivity (Wildman–Crippen MR) is 136 cm³/mol. The van der Waals surface area contributed by atoms with Gasteiger partial charge in [0.1, 0.15) is 18.5 Å². The molecule has 1 aliphatic heterocycles. The van der Waals surface area contributed by atoms with E-state index in [0.29, 0.717) is 12.6 Å². The number of hydrogen-bond acceptors (Lipinski definition) is 6. The third-order valence-electron chi connectivity index (χ3n) is 6.39. The van der Waals surface area contributed by atoms with Gasteiger partial charge < -0.3 is 19.6 Å². The Balaban J connectivity index is 1.17. The van der Waals surface area contributed by atoms with Crippen LogP contribution in [0.15, 0.2) is 91.4 Å². The number of hydrogen-bond donors (Lipinski definition) is 1. The number of rotatable bonds is 8. The van der Waals surface area contributed by atoms with Crippen molar-refractivity contribution in [1.82, 2.24) is 14.9 Å². The highest BCUT2D eigenvalue weighted by Gasteiger charge is 2.27. The molecule has 1 fully saturated rings. The van der Waals surface area contributed by atoms with Crippen LogP contribution in [0.25, 0.3) is 10.9 Å². The lowest BCUT2D eigenvalue weighted by molar-refractivity contribution is 0.0602. The number of piperidine rings is 1. The normalized spacial score (nSPS) is 15.8.